The molecule has 0 spiro atoms. The van der Waals surface area contributed by atoms with Crippen LogP contribution in [0.25, 0.3) is 11.1 Å². The van der Waals surface area contributed by atoms with E-state index in [1.807, 2.05) is 5.32 Å². The van der Waals surface area contributed by atoms with E-state index in [4.69, 9.17) is 0 Å². The van der Waals surface area contributed by atoms with E-state index in [-0.39, 0.29) is 44.7 Å². The van der Waals surface area contributed by atoms with Crippen molar-refractivity contribution in [3.8, 4) is 11.1 Å². The highest BCUT2D eigenvalue weighted by molar-refractivity contribution is 5.82. The number of fused-ring (bicyclic) bond motifs is 1. The van der Waals surface area contributed by atoms with Crippen molar-refractivity contribution in [2.24, 2.45) is 0 Å². The first kappa shape index (κ1) is 32.0. The lowest BCUT2D eigenvalue weighted by Gasteiger charge is -2.30. The topological polar surface area (TPSA) is 137 Å². The lowest BCUT2D eigenvalue weighted by atomic mass is 9.91. The number of hydrogen-bond acceptors (Lipinski definition) is 8. The number of aromatic nitrogens is 4. The van der Waals surface area contributed by atoms with Crippen LogP contribution in [0.2, 0.25) is 0 Å². The maximum atomic E-state index is 13.0. The summed E-state index contributed by atoms with van der Waals surface area (Å²) in [6.45, 7) is -0.0905. The van der Waals surface area contributed by atoms with Crippen LogP contribution in [0.3, 0.4) is 0 Å². The van der Waals surface area contributed by atoms with Gasteiger partial charge in [-0.25, -0.2) is 4.98 Å². The Labute approximate surface area is 253 Å². The van der Waals surface area contributed by atoms with Gasteiger partial charge in [0.1, 0.15) is 5.82 Å². The molecule has 3 aromatic rings. The predicted molar refractivity (Wildman–Crippen MR) is 149 cm³/mol. The number of nitrogens with zero attached hydrogens (tertiary/aromatic N) is 5. The number of nitrogens with one attached hydrogen (secondary N) is 3. The second-order valence-corrected chi connectivity index (χ2v) is 10.9. The van der Waals surface area contributed by atoms with Gasteiger partial charge in [-0.15, -0.1) is 0 Å². The fraction of sp³-hybridized carbons (Fsp3) is 0.464. The van der Waals surface area contributed by atoms with Crippen molar-refractivity contribution in [2.75, 3.05) is 23.8 Å². The van der Waals surface area contributed by atoms with Crippen molar-refractivity contribution in [3.63, 3.8) is 0 Å². The van der Waals surface area contributed by atoms with Crippen molar-refractivity contribution in [2.45, 2.75) is 69.6 Å². The van der Waals surface area contributed by atoms with Gasteiger partial charge in [-0.1, -0.05) is 6.07 Å². The summed E-state index contributed by atoms with van der Waals surface area (Å²) >= 11 is 0. The van der Waals surface area contributed by atoms with E-state index in [2.05, 4.69) is 25.7 Å². The molecule has 0 saturated heterocycles. The van der Waals surface area contributed by atoms with Crippen molar-refractivity contribution >= 4 is 29.3 Å². The fourth-order valence-electron chi connectivity index (χ4n) is 5.45. The normalized spacial score (nSPS) is 18.7. The van der Waals surface area contributed by atoms with E-state index in [9.17, 15) is 41.0 Å². The summed E-state index contributed by atoms with van der Waals surface area (Å²) in [6, 6.07) is 4.36. The molecule has 17 heteroatoms. The molecular weight excluding hydrogens is 610 g/mol. The van der Waals surface area contributed by atoms with Crippen molar-refractivity contribution in [1.29, 1.82) is 0 Å². The molecule has 242 valence electrons. The summed E-state index contributed by atoms with van der Waals surface area (Å²) in [7, 11) is 0. The molecule has 2 aliphatic rings. The Balaban J connectivity index is 1.33. The molecule has 2 aromatic heterocycles. The first-order valence-corrected chi connectivity index (χ1v) is 14.2. The molecule has 4 N–H and O–H groups in total. The molecule has 1 aliphatic heterocycles. The summed E-state index contributed by atoms with van der Waals surface area (Å²) in [5.41, 5.74) is 3.10. The molecule has 45 heavy (non-hydrogen) atoms. The summed E-state index contributed by atoms with van der Waals surface area (Å²) in [6.07, 6.45) is -3.25. The average Bonchev–Trinajstić information content (AvgIpc) is 3.45. The number of rotatable bonds is 8. The Morgan fingerprint density at radius 3 is 2.40 bits per heavy atom. The molecule has 1 saturated carbocycles. The number of carbonyl (C=O) groups excluding carboxylic acids is 2. The zero-order valence-corrected chi connectivity index (χ0v) is 23.8. The van der Waals surface area contributed by atoms with Crippen LogP contribution in [0.5, 0.6) is 0 Å². The summed E-state index contributed by atoms with van der Waals surface area (Å²) in [5, 5.41) is 21.9. The van der Waals surface area contributed by atoms with Crippen molar-refractivity contribution in [1.82, 2.24) is 30.0 Å². The van der Waals surface area contributed by atoms with Gasteiger partial charge >= 0.3 is 24.2 Å². The Morgan fingerprint density at radius 2 is 1.71 bits per heavy atom. The number of aliphatic hydroxyl groups is 1. The molecule has 1 aliphatic carbocycles. The maximum absolute atomic E-state index is 13.0. The first-order chi connectivity index (χ1) is 21.3. The molecule has 5 rings (SSSR count). The molecule has 1 fully saturated rings. The van der Waals surface area contributed by atoms with E-state index in [1.54, 1.807) is 41.5 Å². The largest absolute Gasteiger partial charge is 0.471 e. The van der Waals surface area contributed by atoms with Crippen LogP contribution >= 0.6 is 0 Å². The zero-order chi connectivity index (χ0) is 32.4. The van der Waals surface area contributed by atoms with E-state index < -0.39 is 30.2 Å². The number of anilines is 3. The highest BCUT2D eigenvalue weighted by atomic mass is 19.4. The molecule has 0 atom stereocenters. The monoisotopic (exact) mass is 640 g/mol. The van der Waals surface area contributed by atoms with E-state index in [0.717, 1.165) is 10.5 Å². The third kappa shape index (κ3) is 7.82. The minimum Gasteiger partial charge on any atom is -0.394 e. The quantitative estimate of drug-likeness (QED) is 0.272. The van der Waals surface area contributed by atoms with Gasteiger partial charge in [-0.3, -0.25) is 14.3 Å². The molecule has 0 radical (unpaired) electrons. The van der Waals surface area contributed by atoms with Gasteiger partial charge in [0.05, 0.1) is 19.3 Å². The highest BCUT2D eigenvalue weighted by Crippen LogP contribution is 2.32. The number of benzene rings is 1. The van der Waals surface area contributed by atoms with E-state index in [0.29, 0.717) is 53.9 Å². The van der Waals surface area contributed by atoms with Crippen LogP contribution in [0, 0.1) is 0 Å². The van der Waals surface area contributed by atoms with Crippen molar-refractivity contribution < 1.29 is 41.0 Å². The third-order valence-electron chi connectivity index (χ3n) is 7.73. The number of hydrogen-bond donors (Lipinski definition) is 4. The smallest absolute Gasteiger partial charge is 0.394 e. The van der Waals surface area contributed by atoms with Crippen LogP contribution in [-0.2, 0) is 29.1 Å². The van der Waals surface area contributed by atoms with Crippen LogP contribution < -0.4 is 16.0 Å². The van der Waals surface area contributed by atoms with Gasteiger partial charge in [0.2, 0.25) is 5.95 Å². The highest BCUT2D eigenvalue weighted by Gasteiger charge is 2.43. The van der Waals surface area contributed by atoms with Crippen LogP contribution in [0.1, 0.15) is 36.8 Å². The average molecular weight is 641 g/mol. The predicted octanol–water partition coefficient (Wildman–Crippen LogP) is 3.92. The number of carbonyl (C=O) groups is 2. The first-order valence-electron chi connectivity index (χ1n) is 14.2. The molecule has 0 unspecified atom stereocenters. The van der Waals surface area contributed by atoms with E-state index >= 15 is 0 Å². The standard InChI is InChI=1S/C28H30F6N8O3/c29-27(30,31)24(44)38-20-5-3-19(4-6-20)37-23-22(18-12-36-42(15-18)9-10-43)13-35-26(40-23)39-21-2-1-16-7-8-41(14-17(16)11-21)25(45)28(32,33)34/h1-2,11-13,15,19-20,43H,3-10,14H2,(H,38,44)(H2,35,37,39,40)/t19-,20+. The Bertz CT molecular complexity index is 1540. The zero-order valence-electron chi connectivity index (χ0n) is 23.8. The lowest BCUT2D eigenvalue weighted by molar-refractivity contribution is -0.186. The minimum atomic E-state index is -4.96. The Kier molecular flexibility index (Phi) is 9.18. The van der Waals surface area contributed by atoms with Crippen LogP contribution in [0.15, 0.2) is 36.8 Å². The van der Waals surface area contributed by atoms with Gasteiger partial charge in [-0.05, 0) is 55.4 Å². The third-order valence-corrected chi connectivity index (χ3v) is 7.73. The lowest BCUT2D eigenvalue weighted by Crippen LogP contribution is -2.45. The van der Waals surface area contributed by atoms with E-state index in [1.165, 1.54) is 0 Å². The number of alkyl halides is 6. The van der Waals surface area contributed by atoms with Gasteiger partial charge in [-0.2, -0.15) is 36.4 Å². The van der Waals surface area contributed by atoms with Crippen LogP contribution in [0.4, 0.5) is 43.8 Å². The minimum absolute atomic E-state index is 0.0385. The number of aliphatic hydroxyl groups excluding tert-OH is 1. The fourth-order valence-corrected chi connectivity index (χ4v) is 5.45. The molecule has 2 amide bonds. The summed E-state index contributed by atoms with van der Waals surface area (Å²) in [4.78, 5) is 32.9. The molecule has 1 aromatic carbocycles. The molecule has 3 heterocycles. The van der Waals surface area contributed by atoms with Crippen LogP contribution in [-0.4, -0.2) is 79.2 Å². The van der Waals surface area contributed by atoms with Gasteiger partial charge in [0.25, 0.3) is 0 Å². The molecule has 11 nitrogen and oxygen atoms in total. The second-order valence-electron chi connectivity index (χ2n) is 10.9. The number of halogens is 6. The van der Waals surface area contributed by atoms with Gasteiger partial charge < -0.3 is 26.0 Å². The SMILES string of the molecule is O=C(N[C@H]1CC[C@@H](Nc2nc(Nc3ccc4c(c3)CN(C(=O)C(F)(F)F)CC4)ncc2-c2cnn(CCO)c2)CC1)C(F)(F)F. The molecule has 0 bridgehead atoms. The number of amides is 2. The Morgan fingerprint density at radius 1 is 0.978 bits per heavy atom. The molecular formula is C28H30F6N8O3. The van der Waals surface area contributed by atoms with Gasteiger partial charge in [0, 0.05) is 54.4 Å². The second kappa shape index (κ2) is 12.9. The summed E-state index contributed by atoms with van der Waals surface area (Å²) in [5.74, 6) is -3.29. The van der Waals surface area contributed by atoms with Gasteiger partial charge in [0.15, 0.2) is 0 Å². The Hall–Kier alpha value is -4.41. The summed E-state index contributed by atoms with van der Waals surface area (Å²) < 4.78 is 78.5. The van der Waals surface area contributed by atoms with Crippen molar-refractivity contribution in [3.05, 3.63) is 47.9 Å². The maximum Gasteiger partial charge on any atom is 0.471 e.